The third kappa shape index (κ3) is 2.96. The van der Waals surface area contributed by atoms with Gasteiger partial charge in [-0.15, -0.1) is 6.42 Å². The van der Waals surface area contributed by atoms with E-state index in [2.05, 4.69) is 10.9 Å². The summed E-state index contributed by atoms with van der Waals surface area (Å²) in [5, 5.41) is 0. The lowest BCUT2D eigenvalue weighted by Gasteiger charge is -2.18. The maximum atomic E-state index is 12.1. The van der Waals surface area contributed by atoms with Crippen LogP contribution in [0.2, 0.25) is 0 Å². The Kier molecular flexibility index (Phi) is 4.49. The molecule has 0 amide bonds. The molecule has 0 aliphatic rings. The number of terminal acetylenes is 1. The largest absolute Gasteiger partial charge is 0.366 e. The number of H-pyrrole nitrogens is 1. The Morgan fingerprint density at radius 3 is 2.76 bits per heavy atom. The van der Waals surface area contributed by atoms with Crippen LogP contribution in [0.1, 0.15) is 13.3 Å². The summed E-state index contributed by atoms with van der Waals surface area (Å²) in [5.41, 5.74) is -0.540. The second-order valence-corrected chi connectivity index (χ2v) is 5.32. The maximum Gasteiger partial charge on any atom is 0.249 e. The van der Waals surface area contributed by atoms with Crippen molar-refractivity contribution in [2.45, 2.75) is 18.2 Å². The van der Waals surface area contributed by atoms with Gasteiger partial charge in [0.05, 0.1) is 6.54 Å². The molecule has 0 saturated heterocycles. The first kappa shape index (κ1) is 13.5. The SMILES string of the molecule is C#CCN(CCC)S(=O)(=O)c1c[nH]ccc1=O. The Bertz CT molecular complexity index is 569. The molecule has 0 fully saturated rings. The molecular weight excluding hydrogens is 240 g/mol. The summed E-state index contributed by atoms with van der Waals surface area (Å²) < 4.78 is 25.4. The number of pyridine rings is 1. The van der Waals surface area contributed by atoms with Crippen LogP contribution in [0.25, 0.3) is 0 Å². The number of sulfonamides is 1. The molecule has 17 heavy (non-hydrogen) atoms. The van der Waals surface area contributed by atoms with E-state index in [1.807, 2.05) is 6.92 Å². The first-order chi connectivity index (χ1) is 8.04. The van der Waals surface area contributed by atoms with E-state index in [4.69, 9.17) is 6.42 Å². The quantitative estimate of drug-likeness (QED) is 0.774. The second-order valence-electron chi connectivity index (χ2n) is 3.42. The highest BCUT2D eigenvalue weighted by molar-refractivity contribution is 7.89. The van der Waals surface area contributed by atoms with E-state index in [1.54, 1.807) is 0 Å². The zero-order valence-corrected chi connectivity index (χ0v) is 10.3. The molecule has 0 unspecified atom stereocenters. The smallest absolute Gasteiger partial charge is 0.249 e. The number of nitrogens with one attached hydrogen (secondary N) is 1. The lowest BCUT2D eigenvalue weighted by Crippen LogP contribution is -2.34. The first-order valence-corrected chi connectivity index (χ1v) is 6.58. The molecule has 6 heteroatoms. The van der Waals surface area contributed by atoms with Crippen LogP contribution in [0, 0.1) is 12.3 Å². The average molecular weight is 254 g/mol. The Morgan fingerprint density at radius 2 is 2.24 bits per heavy atom. The van der Waals surface area contributed by atoms with Gasteiger partial charge in [-0.3, -0.25) is 4.79 Å². The molecule has 0 saturated carbocycles. The minimum absolute atomic E-state index is 0.0372. The van der Waals surface area contributed by atoms with E-state index < -0.39 is 15.5 Å². The van der Waals surface area contributed by atoms with Gasteiger partial charge < -0.3 is 4.98 Å². The Labute approximate surface area is 101 Å². The number of hydrogen-bond acceptors (Lipinski definition) is 3. The van der Waals surface area contributed by atoms with E-state index in [1.165, 1.54) is 18.5 Å². The summed E-state index contributed by atoms with van der Waals surface area (Å²) in [7, 11) is -3.81. The summed E-state index contributed by atoms with van der Waals surface area (Å²) in [4.78, 5) is 13.8. The molecule has 1 rings (SSSR count). The molecule has 0 aliphatic carbocycles. The van der Waals surface area contributed by atoms with Gasteiger partial charge in [0.1, 0.15) is 4.90 Å². The molecule has 1 aromatic heterocycles. The number of aromatic amines is 1. The van der Waals surface area contributed by atoms with Gasteiger partial charge in [0.25, 0.3) is 0 Å². The zero-order valence-electron chi connectivity index (χ0n) is 9.51. The van der Waals surface area contributed by atoms with Crippen LogP contribution < -0.4 is 5.43 Å². The van der Waals surface area contributed by atoms with E-state index in [9.17, 15) is 13.2 Å². The number of hydrogen-bond donors (Lipinski definition) is 1. The van der Waals surface area contributed by atoms with Crippen LogP contribution in [-0.4, -0.2) is 30.8 Å². The van der Waals surface area contributed by atoms with Gasteiger partial charge in [-0.05, 0) is 6.42 Å². The van der Waals surface area contributed by atoms with Gasteiger partial charge in [-0.1, -0.05) is 12.8 Å². The molecular formula is C11H14N2O3S. The van der Waals surface area contributed by atoms with E-state index in [0.717, 1.165) is 4.31 Å². The van der Waals surface area contributed by atoms with Crippen molar-refractivity contribution in [1.82, 2.24) is 9.29 Å². The van der Waals surface area contributed by atoms with Crippen LogP contribution in [0.3, 0.4) is 0 Å². The lowest BCUT2D eigenvalue weighted by molar-refractivity contribution is 0.445. The molecule has 0 aromatic carbocycles. The highest BCUT2D eigenvalue weighted by atomic mass is 32.2. The monoisotopic (exact) mass is 254 g/mol. The average Bonchev–Trinajstić information content (AvgIpc) is 2.29. The van der Waals surface area contributed by atoms with Gasteiger partial charge in [0.2, 0.25) is 15.5 Å². The Hall–Kier alpha value is -1.58. The molecule has 0 bridgehead atoms. The van der Waals surface area contributed by atoms with Crippen molar-refractivity contribution in [3.63, 3.8) is 0 Å². The first-order valence-electron chi connectivity index (χ1n) is 5.14. The molecule has 1 heterocycles. The minimum Gasteiger partial charge on any atom is -0.366 e. The standard InChI is InChI=1S/C11H14N2O3S/c1-3-7-13(8-4-2)17(15,16)11-9-12-6-5-10(11)14/h1,5-6,9H,4,7-8H2,2H3,(H,12,14). The van der Waals surface area contributed by atoms with Gasteiger partial charge in [-0.25, -0.2) is 8.42 Å². The predicted octanol–water partition coefficient (Wildman–Crippen LogP) is 0.409. The highest BCUT2D eigenvalue weighted by Crippen LogP contribution is 2.10. The molecule has 0 spiro atoms. The molecule has 1 N–H and O–H groups in total. The Morgan fingerprint density at radius 1 is 1.53 bits per heavy atom. The fourth-order valence-corrected chi connectivity index (χ4v) is 2.86. The van der Waals surface area contributed by atoms with Crippen LogP contribution >= 0.6 is 0 Å². The molecule has 0 atom stereocenters. The molecule has 1 aromatic rings. The fourth-order valence-electron chi connectivity index (χ4n) is 1.38. The summed E-state index contributed by atoms with van der Waals surface area (Å²) in [6.45, 7) is 2.10. The number of nitrogens with zero attached hydrogens (tertiary/aromatic N) is 1. The molecule has 0 aliphatic heterocycles. The van der Waals surface area contributed by atoms with Gasteiger partial charge in [-0.2, -0.15) is 4.31 Å². The highest BCUT2D eigenvalue weighted by Gasteiger charge is 2.25. The van der Waals surface area contributed by atoms with Crippen LogP contribution in [0.5, 0.6) is 0 Å². The van der Waals surface area contributed by atoms with Crippen molar-refractivity contribution in [2.75, 3.05) is 13.1 Å². The topological polar surface area (TPSA) is 70.2 Å². The van der Waals surface area contributed by atoms with E-state index in [0.29, 0.717) is 13.0 Å². The zero-order chi connectivity index (χ0) is 12.9. The van der Waals surface area contributed by atoms with Crippen molar-refractivity contribution in [3.8, 4) is 12.3 Å². The summed E-state index contributed by atoms with van der Waals surface area (Å²) >= 11 is 0. The minimum atomic E-state index is -3.81. The lowest BCUT2D eigenvalue weighted by atomic mass is 10.5. The third-order valence-electron chi connectivity index (χ3n) is 2.15. The van der Waals surface area contributed by atoms with Gasteiger partial charge >= 0.3 is 0 Å². The molecule has 92 valence electrons. The summed E-state index contributed by atoms with van der Waals surface area (Å²) in [6, 6.07) is 1.17. The molecule has 0 radical (unpaired) electrons. The third-order valence-corrected chi connectivity index (χ3v) is 4.01. The van der Waals surface area contributed by atoms with Gasteiger partial charge in [0, 0.05) is 25.0 Å². The van der Waals surface area contributed by atoms with Crippen molar-refractivity contribution in [3.05, 3.63) is 28.7 Å². The van der Waals surface area contributed by atoms with E-state index in [-0.39, 0.29) is 11.4 Å². The van der Waals surface area contributed by atoms with Crippen molar-refractivity contribution >= 4 is 10.0 Å². The number of rotatable bonds is 5. The van der Waals surface area contributed by atoms with Crippen LogP contribution in [0.4, 0.5) is 0 Å². The van der Waals surface area contributed by atoms with Crippen LogP contribution in [0.15, 0.2) is 28.2 Å². The van der Waals surface area contributed by atoms with E-state index >= 15 is 0 Å². The van der Waals surface area contributed by atoms with Gasteiger partial charge in [0.15, 0.2) is 0 Å². The number of aromatic nitrogens is 1. The van der Waals surface area contributed by atoms with Crippen molar-refractivity contribution < 1.29 is 8.42 Å². The van der Waals surface area contributed by atoms with Crippen molar-refractivity contribution in [1.29, 1.82) is 0 Å². The molecule has 5 nitrogen and oxygen atoms in total. The normalized spacial score (nSPS) is 11.4. The Balaban J connectivity index is 3.22. The van der Waals surface area contributed by atoms with Crippen molar-refractivity contribution in [2.24, 2.45) is 0 Å². The summed E-state index contributed by atoms with van der Waals surface area (Å²) in [5.74, 6) is 2.28. The predicted molar refractivity (Wildman–Crippen MR) is 64.9 cm³/mol. The second kappa shape index (κ2) is 5.66. The maximum absolute atomic E-state index is 12.1. The summed E-state index contributed by atoms with van der Waals surface area (Å²) in [6.07, 6.45) is 8.32. The fraction of sp³-hybridized carbons (Fsp3) is 0.364. The van der Waals surface area contributed by atoms with Crippen LogP contribution in [-0.2, 0) is 10.0 Å².